The van der Waals surface area contributed by atoms with E-state index in [1.807, 2.05) is 12.2 Å². The number of allylic oxidation sites excluding steroid dienone is 1. The number of carbonyl (C=O) groups excluding carboxylic acids is 5. The Balaban J connectivity index is 1.23. The topological polar surface area (TPSA) is 156 Å². The molecule has 3 heterocycles. The quantitative estimate of drug-likeness (QED) is 0.293. The lowest BCUT2D eigenvalue weighted by Crippen LogP contribution is -2.58. The lowest BCUT2D eigenvalue weighted by Gasteiger charge is -2.30. The Morgan fingerprint density at radius 2 is 1.77 bits per heavy atom. The number of nitrogens with zero attached hydrogens (tertiary/aromatic N) is 2. The number of carbonyl (C=O) groups is 5. The predicted octanol–water partition coefficient (Wildman–Crippen LogP) is 4.79. The third kappa shape index (κ3) is 8.88. The Bertz CT molecular complexity index is 1770. The van der Waals surface area contributed by atoms with Crippen molar-refractivity contribution >= 4 is 29.9 Å². The van der Waals surface area contributed by atoms with E-state index in [9.17, 15) is 32.8 Å². The van der Waals surface area contributed by atoms with Crippen molar-refractivity contribution in [2.75, 3.05) is 6.54 Å². The summed E-state index contributed by atoms with van der Waals surface area (Å²) in [4.78, 5) is 76.5. The molecule has 3 aliphatic heterocycles. The van der Waals surface area contributed by atoms with Gasteiger partial charge in [0.15, 0.2) is 5.75 Å². The third-order valence-corrected chi connectivity index (χ3v) is 9.86. The van der Waals surface area contributed by atoms with Gasteiger partial charge >= 0.3 is 12.2 Å². The highest BCUT2D eigenvalue weighted by atomic mass is 19.1. The molecule has 4 aliphatic rings. The second kappa shape index (κ2) is 15.4. The minimum atomic E-state index is -1.42. The molecule has 1 aliphatic carbocycles. The fourth-order valence-electron chi connectivity index (χ4n) is 7.04. The highest BCUT2D eigenvalue weighted by Crippen LogP contribution is 2.45. The fourth-order valence-corrected chi connectivity index (χ4v) is 7.04. The van der Waals surface area contributed by atoms with Crippen LogP contribution in [-0.4, -0.2) is 75.6 Å². The Kier molecular flexibility index (Phi) is 10.9. The van der Waals surface area contributed by atoms with E-state index in [0.29, 0.717) is 24.0 Å². The molecule has 53 heavy (non-hydrogen) atoms. The summed E-state index contributed by atoms with van der Waals surface area (Å²) in [5.41, 5.74) is 1.18. The van der Waals surface area contributed by atoms with Crippen molar-refractivity contribution in [2.45, 2.75) is 108 Å². The number of halogens is 2. The van der Waals surface area contributed by atoms with Crippen molar-refractivity contribution in [3.8, 4) is 5.75 Å². The van der Waals surface area contributed by atoms with E-state index in [2.05, 4.69) is 16.1 Å². The molecule has 1 saturated carbocycles. The first-order valence-corrected chi connectivity index (χ1v) is 18.0. The normalized spacial score (nSPS) is 25.8. The van der Waals surface area contributed by atoms with Gasteiger partial charge in [0.2, 0.25) is 11.8 Å². The van der Waals surface area contributed by atoms with Crippen LogP contribution < -0.4 is 21.0 Å². The minimum absolute atomic E-state index is 0.00846. The van der Waals surface area contributed by atoms with Crippen LogP contribution in [0.25, 0.3) is 0 Å². The first-order valence-electron chi connectivity index (χ1n) is 18.0. The van der Waals surface area contributed by atoms with Crippen LogP contribution >= 0.6 is 0 Å². The average Bonchev–Trinajstić information content (AvgIpc) is 3.39. The van der Waals surface area contributed by atoms with Crippen LogP contribution in [0.5, 0.6) is 5.75 Å². The third-order valence-electron chi connectivity index (χ3n) is 9.86. The SMILES string of the molecule is CC(C)(C)OC(=O)N[C@H]1CCCCCC=C[C@@H]2C[C@@]2(C(=O)NOc2ccc(F)cc2)NC(=O)[C@@H]2C[C@@H](OC(=O)N3Cc4cccc(F)c4C3)CN2C1=O. The summed E-state index contributed by atoms with van der Waals surface area (Å²) in [5, 5.41) is 5.55. The molecule has 0 unspecified atom stereocenters. The summed E-state index contributed by atoms with van der Waals surface area (Å²) >= 11 is 0. The van der Waals surface area contributed by atoms with Gasteiger partial charge < -0.3 is 29.8 Å². The number of hydrogen-bond acceptors (Lipinski definition) is 8. The molecule has 13 nitrogen and oxygen atoms in total. The maximum atomic E-state index is 14.4. The van der Waals surface area contributed by atoms with Gasteiger partial charge in [0.25, 0.3) is 5.91 Å². The van der Waals surface area contributed by atoms with E-state index in [4.69, 9.17) is 14.3 Å². The average molecular weight is 738 g/mol. The summed E-state index contributed by atoms with van der Waals surface area (Å²) in [6.07, 6.45) is 4.61. The Morgan fingerprint density at radius 3 is 2.51 bits per heavy atom. The van der Waals surface area contributed by atoms with Crippen LogP contribution in [0.15, 0.2) is 54.6 Å². The minimum Gasteiger partial charge on any atom is -0.444 e. The molecule has 2 fully saturated rings. The molecule has 284 valence electrons. The number of benzene rings is 2. The van der Waals surface area contributed by atoms with Crippen molar-refractivity contribution in [3.05, 3.63) is 77.4 Å². The number of ether oxygens (including phenoxy) is 2. The molecule has 5 amide bonds. The lowest BCUT2D eigenvalue weighted by atomic mass is 10.0. The first kappa shape index (κ1) is 37.5. The van der Waals surface area contributed by atoms with Gasteiger partial charge in [-0.3, -0.25) is 19.3 Å². The van der Waals surface area contributed by atoms with E-state index in [0.717, 1.165) is 12.8 Å². The van der Waals surface area contributed by atoms with E-state index >= 15 is 0 Å². The number of fused-ring (bicyclic) bond motifs is 3. The molecule has 2 aromatic carbocycles. The second-order valence-electron chi connectivity index (χ2n) is 15.0. The zero-order valence-corrected chi connectivity index (χ0v) is 30.0. The van der Waals surface area contributed by atoms with Crippen molar-refractivity contribution in [1.82, 2.24) is 25.9 Å². The van der Waals surface area contributed by atoms with Gasteiger partial charge in [-0.15, -0.1) is 0 Å². The maximum Gasteiger partial charge on any atom is 0.410 e. The monoisotopic (exact) mass is 737 g/mol. The van der Waals surface area contributed by atoms with Crippen LogP contribution in [0, 0.1) is 17.6 Å². The van der Waals surface area contributed by atoms with Gasteiger partial charge in [0.05, 0.1) is 13.1 Å². The standard InChI is InChI=1S/C38H45F2N5O8/c1-37(2,3)52-35(49)41-30-13-8-6-4-5-7-11-24-19-38(24,34(48)43-53-26-16-14-25(39)15-17-26)42-32(46)31-18-27(21-45(31)33(30)47)51-36(50)44-20-23-10-9-12-29(40)28(23)22-44/h7,9-12,14-17,24,27,30-31H,4-6,8,13,18-22H2,1-3H3,(H,41,49)(H,42,46)(H,43,48)/t24-,27-,30+,31+,38-/m1/s1. The summed E-state index contributed by atoms with van der Waals surface area (Å²) in [6.45, 7) is 5.09. The predicted molar refractivity (Wildman–Crippen MR) is 186 cm³/mol. The molecule has 2 aromatic rings. The van der Waals surface area contributed by atoms with Gasteiger partial charge in [-0.05, 0) is 82.3 Å². The van der Waals surface area contributed by atoms with E-state index in [-0.39, 0.29) is 50.6 Å². The van der Waals surface area contributed by atoms with E-state index < -0.39 is 70.9 Å². The van der Waals surface area contributed by atoms with Crippen molar-refractivity contribution in [2.24, 2.45) is 5.92 Å². The smallest absolute Gasteiger partial charge is 0.410 e. The molecule has 0 spiro atoms. The van der Waals surface area contributed by atoms with E-state index in [1.54, 1.807) is 32.9 Å². The Morgan fingerprint density at radius 1 is 1.00 bits per heavy atom. The molecular formula is C38H45F2N5O8. The lowest BCUT2D eigenvalue weighted by molar-refractivity contribution is -0.142. The molecule has 5 atom stereocenters. The molecule has 0 bridgehead atoms. The van der Waals surface area contributed by atoms with Gasteiger partial charge in [0.1, 0.15) is 41.0 Å². The summed E-state index contributed by atoms with van der Waals surface area (Å²) in [7, 11) is 0. The number of rotatable bonds is 5. The highest BCUT2D eigenvalue weighted by molar-refractivity contribution is 5.98. The number of amides is 5. The molecular weight excluding hydrogens is 692 g/mol. The van der Waals surface area contributed by atoms with Crippen LogP contribution in [-0.2, 0) is 36.9 Å². The zero-order valence-electron chi connectivity index (χ0n) is 30.0. The van der Waals surface area contributed by atoms with Gasteiger partial charge in [0, 0.05) is 24.4 Å². The van der Waals surface area contributed by atoms with Gasteiger partial charge in [-0.1, -0.05) is 37.1 Å². The van der Waals surface area contributed by atoms with Crippen molar-refractivity contribution in [3.63, 3.8) is 0 Å². The number of nitrogens with one attached hydrogen (secondary N) is 3. The molecule has 6 rings (SSSR count). The zero-order chi connectivity index (χ0) is 37.9. The van der Waals surface area contributed by atoms with Crippen molar-refractivity contribution in [1.29, 1.82) is 0 Å². The molecule has 0 aromatic heterocycles. The Hall–Kier alpha value is -5.21. The maximum absolute atomic E-state index is 14.4. The van der Waals surface area contributed by atoms with Crippen LogP contribution in [0.1, 0.15) is 76.8 Å². The Labute approximate surface area is 306 Å². The summed E-state index contributed by atoms with van der Waals surface area (Å²) in [5.74, 6) is -2.98. The number of alkyl carbamates (subject to hydrolysis) is 1. The molecule has 1 saturated heterocycles. The highest BCUT2D eigenvalue weighted by Gasteiger charge is 2.61. The number of hydroxylamine groups is 1. The summed E-state index contributed by atoms with van der Waals surface area (Å²) < 4.78 is 39.1. The first-order chi connectivity index (χ1) is 25.2. The van der Waals surface area contributed by atoms with E-state index in [1.165, 1.54) is 40.1 Å². The van der Waals surface area contributed by atoms with Crippen LogP contribution in [0.3, 0.4) is 0 Å². The van der Waals surface area contributed by atoms with Crippen LogP contribution in [0.4, 0.5) is 18.4 Å². The number of hydrogen-bond donors (Lipinski definition) is 3. The summed E-state index contributed by atoms with van der Waals surface area (Å²) in [6, 6.07) is 7.42. The molecule has 3 N–H and O–H groups in total. The van der Waals surface area contributed by atoms with Crippen molar-refractivity contribution < 1.29 is 47.1 Å². The largest absolute Gasteiger partial charge is 0.444 e. The molecule has 15 heteroatoms. The second-order valence-corrected chi connectivity index (χ2v) is 15.0. The van der Waals surface area contributed by atoms with Gasteiger partial charge in [-0.25, -0.2) is 18.4 Å². The fraction of sp³-hybridized carbons (Fsp3) is 0.500. The molecule has 0 radical (unpaired) electrons. The van der Waals surface area contributed by atoms with Gasteiger partial charge in [-0.2, -0.15) is 5.48 Å². The van der Waals surface area contributed by atoms with Crippen LogP contribution in [0.2, 0.25) is 0 Å².